The fourth-order valence-electron chi connectivity index (χ4n) is 2.77. The van der Waals surface area contributed by atoms with Crippen LogP contribution < -0.4 is 0 Å². The molecule has 4 heteroatoms. The third-order valence-corrected chi connectivity index (χ3v) is 9.81. The Labute approximate surface area is 171 Å². The maximum absolute atomic E-state index is 12.7. The molecule has 2 aromatic rings. The van der Waals surface area contributed by atoms with Gasteiger partial charge in [0, 0.05) is 6.42 Å². The summed E-state index contributed by atoms with van der Waals surface area (Å²) in [5.74, 6) is -0.000727. The first-order chi connectivity index (χ1) is 13.2. The van der Waals surface area contributed by atoms with Crippen LogP contribution in [0.3, 0.4) is 0 Å². The molecule has 0 aliphatic rings. The predicted molar refractivity (Wildman–Crippen MR) is 118 cm³/mol. The Balaban J connectivity index is 1.98. The van der Waals surface area contributed by atoms with E-state index in [1.54, 1.807) is 0 Å². The van der Waals surface area contributed by atoms with Crippen molar-refractivity contribution in [3.8, 4) is 0 Å². The van der Waals surface area contributed by atoms with Crippen molar-refractivity contribution in [3.05, 3.63) is 71.8 Å². The highest BCUT2D eigenvalue weighted by molar-refractivity contribution is 6.75. The molecule has 28 heavy (non-hydrogen) atoms. The van der Waals surface area contributed by atoms with Crippen LogP contribution in [-0.4, -0.2) is 20.9 Å². The Kier molecular flexibility index (Phi) is 8.02. The van der Waals surface area contributed by atoms with Gasteiger partial charge in [0.15, 0.2) is 0 Å². The molecule has 2 rings (SSSR count). The van der Waals surface area contributed by atoms with Crippen molar-refractivity contribution in [1.82, 2.24) is 0 Å². The van der Waals surface area contributed by atoms with Crippen molar-refractivity contribution in [2.24, 2.45) is 5.92 Å². The molecule has 0 bridgehead atoms. The standard InChI is InChI=1S/C24H34O3Si/c1-24(2,3)28(4,5)27-23(25)17-22(16-20-12-8-6-9-13-20)19-26-18-21-14-10-7-11-15-21/h6-15,22H,16-19H2,1-5H3/t22-/m1/s1. The lowest BCUT2D eigenvalue weighted by Crippen LogP contribution is -2.43. The van der Waals surface area contributed by atoms with Crippen LogP contribution in [0.2, 0.25) is 18.1 Å². The van der Waals surface area contributed by atoms with E-state index in [-0.39, 0.29) is 16.9 Å². The van der Waals surface area contributed by atoms with Gasteiger partial charge in [-0.3, -0.25) is 4.79 Å². The first-order valence-corrected chi connectivity index (χ1v) is 13.0. The zero-order chi connectivity index (χ0) is 20.6. The van der Waals surface area contributed by atoms with Gasteiger partial charge in [-0.1, -0.05) is 81.4 Å². The zero-order valence-electron chi connectivity index (χ0n) is 17.9. The summed E-state index contributed by atoms with van der Waals surface area (Å²) in [7, 11) is -2.10. The molecule has 0 saturated carbocycles. The monoisotopic (exact) mass is 398 g/mol. The molecular weight excluding hydrogens is 364 g/mol. The van der Waals surface area contributed by atoms with Crippen LogP contribution in [0.4, 0.5) is 0 Å². The van der Waals surface area contributed by atoms with Crippen LogP contribution in [-0.2, 0) is 27.0 Å². The van der Waals surface area contributed by atoms with Crippen LogP contribution >= 0.6 is 0 Å². The minimum Gasteiger partial charge on any atom is -0.519 e. The summed E-state index contributed by atoms with van der Waals surface area (Å²) in [6, 6.07) is 20.4. The summed E-state index contributed by atoms with van der Waals surface area (Å²) in [6.07, 6.45) is 1.19. The Morgan fingerprint density at radius 2 is 1.46 bits per heavy atom. The second-order valence-electron chi connectivity index (χ2n) is 8.99. The van der Waals surface area contributed by atoms with E-state index in [1.165, 1.54) is 5.56 Å². The smallest absolute Gasteiger partial charge is 0.292 e. The second-order valence-corrected chi connectivity index (χ2v) is 13.7. The highest BCUT2D eigenvalue weighted by Crippen LogP contribution is 2.37. The molecule has 0 heterocycles. The van der Waals surface area contributed by atoms with Crippen molar-refractivity contribution >= 4 is 14.3 Å². The van der Waals surface area contributed by atoms with E-state index in [4.69, 9.17) is 9.16 Å². The number of rotatable bonds is 9. The number of hydrogen-bond acceptors (Lipinski definition) is 3. The number of carbonyl (C=O) groups excluding carboxylic acids is 1. The maximum Gasteiger partial charge on any atom is 0.292 e. The largest absolute Gasteiger partial charge is 0.519 e. The van der Waals surface area contributed by atoms with Gasteiger partial charge in [-0.25, -0.2) is 0 Å². The van der Waals surface area contributed by atoms with Crippen LogP contribution in [0.25, 0.3) is 0 Å². The van der Waals surface area contributed by atoms with Gasteiger partial charge in [0.05, 0.1) is 13.2 Å². The zero-order valence-corrected chi connectivity index (χ0v) is 18.9. The lowest BCUT2D eigenvalue weighted by Gasteiger charge is -2.35. The number of carbonyl (C=O) groups is 1. The molecule has 0 saturated heterocycles. The fourth-order valence-corrected chi connectivity index (χ4v) is 3.73. The van der Waals surface area contributed by atoms with Gasteiger partial charge in [0.25, 0.3) is 14.3 Å². The average molecular weight is 399 g/mol. The number of hydrogen-bond donors (Lipinski definition) is 0. The van der Waals surface area contributed by atoms with Crippen molar-refractivity contribution in [1.29, 1.82) is 0 Å². The normalized spacial score (nSPS) is 13.2. The van der Waals surface area contributed by atoms with Gasteiger partial charge in [-0.15, -0.1) is 0 Å². The van der Waals surface area contributed by atoms with Gasteiger partial charge in [-0.2, -0.15) is 0 Å². The van der Waals surface area contributed by atoms with Gasteiger partial charge in [-0.05, 0) is 41.6 Å². The maximum atomic E-state index is 12.7. The van der Waals surface area contributed by atoms with Crippen molar-refractivity contribution in [3.63, 3.8) is 0 Å². The summed E-state index contributed by atoms with van der Waals surface area (Å²) in [6.45, 7) is 11.8. The second kappa shape index (κ2) is 10.0. The topological polar surface area (TPSA) is 35.5 Å². The Morgan fingerprint density at radius 3 is 2.00 bits per heavy atom. The number of benzene rings is 2. The third kappa shape index (κ3) is 7.25. The molecule has 0 spiro atoms. The van der Waals surface area contributed by atoms with Crippen LogP contribution in [0.1, 0.15) is 38.3 Å². The minimum atomic E-state index is -2.10. The minimum absolute atomic E-state index is 0.0153. The average Bonchev–Trinajstić information content (AvgIpc) is 2.62. The molecule has 0 amide bonds. The van der Waals surface area contributed by atoms with E-state index in [2.05, 4.69) is 58.1 Å². The Hall–Kier alpha value is -1.91. The molecule has 0 unspecified atom stereocenters. The van der Waals surface area contributed by atoms with E-state index in [0.29, 0.717) is 19.6 Å². The molecule has 1 atom stereocenters. The van der Waals surface area contributed by atoms with Gasteiger partial charge < -0.3 is 9.16 Å². The summed E-state index contributed by atoms with van der Waals surface area (Å²) in [5, 5.41) is 0.0153. The molecule has 2 aromatic carbocycles. The first kappa shape index (κ1) is 22.4. The third-order valence-electron chi connectivity index (χ3n) is 5.46. The molecule has 0 aromatic heterocycles. The van der Waals surface area contributed by atoms with Crippen LogP contribution in [0, 0.1) is 5.92 Å². The van der Waals surface area contributed by atoms with Crippen molar-refractivity contribution < 1.29 is 14.0 Å². The SMILES string of the molecule is CC(C)(C)[Si](C)(C)OC(=O)C[C@H](COCc1ccccc1)Cc1ccccc1. The van der Waals surface area contributed by atoms with E-state index in [9.17, 15) is 4.79 Å². The molecule has 152 valence electrons. The lowest BCUT2D eigenvalue weighted by atomic mass is 9.97. The summed E-state index contributed by atoms with van der Waals surface area (Å²) >= 11 is 0. The van der Waals surface area contributed by atoms with Crippen LogP contribution in [0.15, 0.2) is 60.7 Å². The van der Waals surface area contributed by atoms with Gasteiger partial charge >= 0.3 is 0 Å². The van der Waals surface area contributed by atoms with E-state index < -0.39 is 8.32 Å². The molecular formula is C24H34O3Si. The van der Waals surface area contributed by atoms with Crippen molar-refractivity contribution in [2.45, 2.75) is 58.4 Å². The highest BCUT2D eigenvalue weighted by Gasteiger charge is 2.40. The first-order valence-electron chi connectivity index (χ1n) is 10.0. The van der Waals surface area contributed by atoms with E-state index in [0.717, 1.165) is 12.0 Å². The summed E-state index contributed by atoms with van der Waals surface area (Å²) in [4.78, 5) is 12.7. The van der Waals surface area contributed by atoms with Crippen molar-refractivity contribution in [2.75, 3.05) is 6.61 Å². The number of ether oxygens (including phenoxy) is 1. The molecule has 0 radical (unpaired) electrons. The lowest BCUT2D eigenvalue weighted by molar-refractivity contribution is -0.137. The Morgan fingerprint density at radius 1 is 0.929 bits per heavy atom. The van der Waals surface area contributed by atoms with E-state index in [1.807, 2.05) is 36.4 Å². The quantitative estimate of drug-likeness (QED) is 0.486. The Bertz CT molecular complexity index is 721. The molecule has 0 aliphatic carbocycles. The molecule has 3 nitrogen and oxygen atoms in total. The molecule has 0 N–H and O–H groups in total. The van der Waals surface area contributed by atoms with Crippen LogP contribution in [0.5, 0.6) is 0 Å². The van der Waals surface area contributed by atoms with Gasteiger partial charge in [0.2, 0.25) is 0 Å². The highest BCUT2D eigenvalue weighted by atomic mass is 28.4. The summed E-state index contributed by atoms with van der Waals surface area (Å²) in [5.41, 5.74) is 2.36. The predicted octanol–water partition coefficient (Wildman–Crippen LogP) is 6.00. The fraction of sp³-hybridized carbons (Fsp3) is 0.458. The summed E-state index contributed by atoms with van der Waals surface area (Å²) < 4.78 is 11.9. The molecule has 0 fully saturated rings. The molecule has 0 aliphatic heterocycles. The van der Waals surface area contributed by atoms with Gasteiger partial charge in [0.1, 0.15) is 0 Å². The van der Waals surface area contributed by atoms with E-state index >= 15 is 0 Å².